The van der Waals surface area contributed by atoms with E-state index in [1.165, 1.54) is 11.3 Å². The van der Waals surface area contributed by atoms with E-state index in [1.54, 1.807) is 0 Å². The maximum Gasteiger partial charge on any atom is 0.294 e. The van der Waals surface area contributed by atoms with Crippen LogP contribution < -0.4 is 4.74 Å². The van der Waals surface area contributed by atoms with Gasteiger partial charge in [-0.25, -0.2) is 0 Å². The zero-order chi connectivity index (χ0) is 12.0. The van der Waals surface area contributed by atoms with Crippen molar-refractivity contribution in [2.75, 3.05) is 25.7 Å². The number of hydrogen-bond acceptors (Lipinski definition) is 6. The summed E-state index contributed by atoms with van der Waals surface area (Å²) in [6.45, 7) is 5.66. The second-order valence-corrected chi connectivity index (χ2v) is 5.55. The van der Waals surface area contributed by atoms with Crippen molar-refractivity contribution < 1.29 is 4.74 Å². The van der Waals surface area contributed by atoms with Crippen molar-refractivity contribution in [3.63, 3.8) is 0 Å². The van der Waals surface area contributed by atoms with Crippen LogP contribution in [0.4, 0.5) is 0 Å². The van der Waals surface area contributed by atoms with Gasteiger partial charge in [0.25, 0.3) is 5.19 Å². The smallest absolute Gasteiger partial charge is 0.294 e. The summed E-state index contributed by atoms with van der Waals surface area (Å²) < 4.78 is 5.30. The topological polar surface area (TPSA) is 38.3 Å². The minimum absolute atomic E-state index is 0.550. The molecule has 0 spiro atoms. The fraction of sp³-hybridized carbons (Fsp3) is 0.800. The molecule has 1 heterocycles. The molecular formula is C10H19N3OS2. The molecule has 0 fully saturated rings. The third kappa shape index (κ3) is 4.27. The van der Waals surface area contributed by atoms with Gasteiger partial charge in [0.1, 0.15) is 5.01 Å². The highest BCUT2D eigenvalue weighted by Gasteiger charge is 2.12. The van der Waals surface area contributed by atoms with Crippen molar-refractivity contribution in [1.82, 2.24) is 15.1 Å². The SMILES string of the molecule is CCOc1nnc(CN(C)C(C)CSC)s1. The minimum Gasteiger partial charge on any atom is -0.469 e. The first-order chi connectivity index (χ1) is 7.67. The Hall–Kier alpha value is -0.330. The number of aromatic nitrogens is 2. The van der Waals surface area contributed by atoms with E-state index < -0.39 is 0 Å². The first-order valence-electron chi connectivity index (χ1n) is 5.31. The molecule has 0 amide bonds. The van der Waals surface area contributed by atoms with Crippen LogP contribution in [0.1, 0.15) is 18.9 Å². The second-order valence-electron chi connectivity index (χ2n) is 3.61. The predicted octanol–water partition coefficient (Wildman–Crippen LogP) is 2.12. The molecule has 0 saturated carbocycles. The van der Waals surface area contributed by atoms with Gasteiger partial charge in [0.05, 0.1) is 13.2 Å². The van der Waals surface area contributed by atoms with Gasteiger partial charge in [0, 0.05) is 11.8 Å². The van der Waals surface area contributed by atoms with Crippen molar-refractivity contribution in [3.05, 3.63) is 5.01 Å². The van der Waals surface area contributed by atoms with Crippen LogP contribution in [0.5, 0.6) is 5.19 Å². The van der Waals surface area contributed by atoms with Gasteiger partial charge in [-0.1, -0.05) is 11.3 Å². The summed E-state index contributed by atoms with van der Waals surface area (Å²) in [5.41, 5.74) is 0. The predicted molar refractivity (Wildman–Crippen MR) is 70.4 cm³/mol. The molecule has 0 saturated heterocycles. The number of ether oxygens (including phenoxy) is 1. The molecule has 1 unspecified atom stereocenters. The molecule has 1 aromatic rings. The van der Waals surface area contributed by atoms with Crippen LogP contribution in [-0.4, -0.2) is 46.8 Å². The maximum absolute atomic E-state index is 5.30. The Balaban J connectivity index is 2.45. The molecule has 0 N–H and O–H groups in total. The lowest BCUT2D eigenvalue weighted by molar-refractivity contribution is 0.268. The Morgan fingerprint density at radius 3 is 2.88 bits per heavy atom. The van der Waals surface area contributed by atoms with Crippen LogP contribution in [-0.2, 0) is 6.54 Å². The van der Waals surface area contributed by atoms with E-state index in [4.69, 9.17) is 4.74 Å². The van der Waals surface area contributed by atoms with Crippen LogP contribution in [0.15, 0.2) is 0 Å². The van der Waals surface area contributed by atoms with Gasteiger partial charge in [0.2, 0.25) is 0 Å². The van der Waals surface area contributed by atoms with Gasteiger partial charge in [-0.2, -0.15) is 11.8 Å². The summed E-state index contributed by atoms with van der Waals surface area (Å²) in [6.07, 6.45) is 2.13. The highest BCUT2D eigenvalue weighted by Crippen LogP contribution is 2.19. The Labute approximate surface area is 105 Å². The van der Waals surface area contributed by atoms with E-state index in [0.717, 1.165) is 17.3 Å². The lowest BCUT2D eigenvalue weighted by Crippen LogP contribution is -2.30. The van der Waals surface area contributed by atoms with Crippen molar-refractivity contribution >= 4 is 23.1 Å². The Bertz CT molecular complexity index is 306. The molecule has 1 aromatic heterocycles. The zero-order valence-electron chi connectivity index (χ0n) is 10.3. The van der Waals surface area contributed by atoms with E-state index in [0.29, 0.717) is 17.8 Å². The summed E-state index contributed by atoms with van der Waals surface area (Å²) in [4.78, 5) is 2.28. The largest absolute Gasteiger partial charge is 0.469 e. The summed E-state index contributed by atoms with van der Waals surface area (Å²) >= 11 is 3.39. The molecule has 0 radical (unpaired) electrons. The highest BCUT2D eigenvalue weighted by atomic mass is 32.2. The quantitative estimate of drug-likeness (QED) is 0.751. The van der Waals surface area contributed by atoms with E-state index >= 15 is 0 Å². The number of rotatable bonds is 7. The lowest BCUT2D eigenvalue weighted by Gasteiger charge is -2.22. The van der Waals surface area contributed by atoms with Gasteiger partial charge in [-0.15, -0.1) is 10.2 Å². The van der Waals surface area contributed by atoms with Gasteiger partial charge < -0.3 is 4.74 Å². The van der Waals surface area contributed by atoms with E-state index in [2.05, 4.69) is 35.3 Å². The van der Waals surface area contributed by atoms with E-state index in [1.807, 2.05) is 18.7 Å². The van der Waals surface area contributed by atoms with Gasteiger partial charge in [-0.05, 0) is 27.2 Å². The summed E-state index contributed by atoms with van der Waals surface area (Å²) in [5.74, 6) is 1.13. The average Bonchev–Trinajstić information content (AvgIpc) is 2.66. The molecule has 0 aliphatic carbocycles. The second kappa shape index (κ2) is 7.09. The monoisotopic (exact) mass is 261 g/mol. The Morgan fingerprint density at radius 2 is 2.25 bits per heavy atom. The van der Waals surface area contributed by atoms with Crippen LogP contribution in [0, 0.1) is 0 Å². The van der Waals surface area contributed by atoms with Crippen LogP contribution in [0.25, 0.3) is 0 Å². The van der Waals surface area contributed by atoms with Crippen molar-refractivity contribution in [3.8, 4) is 5.19 Å². The third-order valence-electron chi connectivity index (χ3n) is 2.26. The molecule has 1 rings (SSSR count). The molecule has 1 atom stereocenters. The van der Waals surface area contributed by atoms with E-state index in [-0.39, 0.29) is 0 Å². The molecule has 0 aliphatic rings. The molecule has 0 aromatic carbocycles. The van der Waals surface area contributed by atoms with E-state index in [9.17, 15) is 0 Å². The van der Waals surface area contributed by atoms with Gasteiger partial charge in [-0.3, -0.25) is 4.90 Å². The molecule has 0 bridgehead atoms. The fourth-order valence-corrected chi connectivity index (χ4v) is 2.77. The van der Waals surface area contributed by atoms with Crippen LogP contribution >= 0.6 is 23.1 Å². The first-order valence-corrected chi connectivity index (χ1v) is 7.52. The summed E-state index contributed by atoms with van der Waals surface area (Å²) in [5, 5.41) is 9.77. The number of thioether (sulfide) groups is 1. The lowest BCUT2D eigenvalue weighted by atomic mass is 10.3. The molecule has 16 heavy (non-hydrogen) atoms. The molecule has 92 valence electrons. The Kier molecular flexibility index (Phi) is 6.08. The van der Waals surface area contributed by atoms with Gasteiger partial charge in [0.15, 0.2) is 0 Å². The van der Waals surface area contributed by atoms with Crippen molar-refractivity contribution in [2.45, 2.75) is 26.4 Å². The average molecular weight is 261 g/mol. The Morgan fingerprint density at radius 1 is 1.50 bits per heavy atom. The number of nitrogens with zero attached hydrogens (tertiary/aromatic N) is 3. The molecular weight excluding hydrogens is 242 g/mol. The van der Waals surface area contributed by atoms with Crippen molar-refractivity contribution in [1.29, 1.82) is 0 Å². The standard InChI is InChI=1S/C10H19N3OS2/c1-5-14-10-12-11-9(16-10)6-13(3)8(2)7-15-4/h8H,5-7H2,1-4H3. The fourth-order valence-electron chi connectivity index (χ4n) is 1.22. The van der Waals surface area contributed by atoms with Crippen molar-refractivity contribution in [2.24, 2.45) is 0 Å². The minimum atomic E-state index is 0.550. The zero-order valence-corrected chi connectivity index (χ0v) is 11.9. The first kappa shape index (κ1) is 13.7. The normalized spacial score (nSPS) is 13.1. The van der Waals surface area contributed by atoms with Crippen LogP contribution in [0.3, 0.4) is 0 Å². The molecule has 6 heteroatoms. The molecule has 4 nitrogen and oxygen atoms in total. The molecule has 0 aliphatic heterocycles. The summed E-state index contributed by atoms with van der Waals surface area (Å²) in [7, 11) is 2.11. The maximum atomic E-state index is 5.30. The third-order valence-corrected chi connectivity index (χ3v) is 3.90. The summed E-state index contributed by atoms with van der Waals surface area (Å²) in [6, 6.07) is 0.550. The number of hydrogen-bond donors (Lipinski definition) is 0. The van der Waals surface area contributed by atoms with Crippen LogP contribution in [0.2, 0.25) is 0 Å². The highest BCUT2D eigenvalue weighted by molar-refractivity contribution is 7.98. The van der Waals surface area contributed by atoms with Gasteiger partial charge >= 0.3 is 0 Å².